The maximum absolute atomic E-state index is 5.56. The lowest BCUT2D eigenvalue weighted by Crippen LogP contribution is -2.37. The van der Waals surface area contributed by atoms with Crippen molar-refractivity contribution in [1.82, 2.24) is 15.6 Å². The first-order valence-electron chi connectivity index (χ1n) is 8.65. The first-order chi connectivity index (χ1) is 11.5. The van der Waals surface area contributed by atoms with Gasteiger partial charge in [0.05, 0.1) is 6.10 Å². The third-order valence-electron chi connectivity index (χ3n) is 3.05. The molecular formula is C18H33IN4O2. The summed E-state index contributed by atoms with van der Waals surface area (Å²) in [4.78, 5) is 8.51. The smallest absolute Gasteiger partial charge is 0.213 e. The summed E-state index contributed by atoms with van der Waals surface area (Å²) in [6.45, 7) is 11.4. The van der Waals surface area contributed by atoms with Crippen molar-refractivity contribution in [2.45, 2.75) is 46.8 Å². The molecular weight excluding hydrogens is 431 g/mol. The highest BCUT2D eigenvalue weighted by molar-refractivity contribution is 14.0. The van der Waals surface area contributed by atoms with Gasteiger partial charge in [0, 0.05) is 45.6 Å². The van der Waals surface area contributed by atoms with Gasteiger partial charge in [0.25, 0.3) is 0 Å². The highest BCUT2D eigenvalue weighted by Gasteiger charge is 2.01. The Balaban J connectivity index is 0.00000576. The molecule has 0 amide bonds. The molecule has 0 aromatic carbocycles. The van der Waals surface area contributed by atoms with Crippen LogP contribution in [0.3, 0.4) is 0 Å². The minimum absolute atomic E-state index is 0. The fourth-order valence-electron chi connectivity index (χ4n) is 1.93. The highest BCUT2D eigenvalue weighted by Crippen LogP contribution is 2.09. The third kappa shape index (κ3) is 12.0. The molecule has 0 saturated heterocycles. The van der Waals surface area contributed by atoms with Crippen molar-refractivity contribution in [3.63, 3.8) is 0 Å². The van der Waals surface area contributed by atoms with Crippen molar-refractivity contribution in [3.05, 3.63) is 23.9 Å². The van der Waals surface area contributed by atoms with Crippen LogP contribution in [0, 0.1) is 5.92 Å². The first kappa shape index (κ1) is 23.9. The summed E-state index contributed by atoms with van der Waals surface area (Å²) in [7, 11) is 1.77. The van der Waals surface area contributed by atoms with Gasteiger partial charge in [-0.15, -0.1) is 24.0 Å². The number of ether oxygens (including phenoxy) is 2. The lowest BCUT2D eigenvalue weighted by Gasteiger charge is -2.13. The van der Waals surface area contributed by atoms with Crippen LogP contribution < -0.4 is 15.4 Å². The molecule has 0 radical (unpaired) electrons. The summed E-state index contributed by atoms with van der Waals surface area (Å²) in [6, 6.07) is 3.89. The van der Waals surface area contributed by atoms with E-state index in [0.717, 1.165) is 37.7 Å². The Morgan fingerprint density at radius 2 is 1.96 bits per heavy atom. The van der Waals surface area contributed by atoms with E-state index in [4.69, 9.17) is 9.47 Å². The second-order valence-corrected chi connectivity index (χ2v) is 6.35. The van der Waals surface area contributed by atoms with E-state index >= 15 is 0 Å². The zero-order valence-electron chi connectivity index (χ0n) is 16.0. The van der Waals surface area contributed by atoms with Crippen LogP contribution in [0.4, 0.5) is 0 Å². The number of nitrogens with zero attached hydrogens (tertiary/aromatic N) is 2. The Hall–Kier alpha value is -1.09. The number of guanidine groups is 1. The van der Waals surface area contributed by atoms with Crippen LogP contribution in [0.2, 0.25) is 0 Å². The molecule has 0 aliphatic rings. The number of halogens is 1. The Morgan fingerprint density at radius 1 is 1.20 bits per heavy atom. The Labute approximate surface area is 169 Å². The van der Waals surface area contributed by atoms with Gasteiger partial charge in [0.15, 0.2) is 5.96 Å². The van der Waals surface area contributed by atoms with Crippen molar-refractivity contribution in [2.75, 3.05) is 26.8 Å². The van der Waals surface area contributed by atoms with Crippen molar-refractivity contribution < 1.29 is 9.47 Å². The molecule has 2 N–H and O–H groups in total. The van der Waals surface area contributed by atoms with E-state index in [9.17, 15) is 0 Å². The normalized spacial score (nSPS) is 11.4. The molecule has 0 bridgehead atoms. The molecule has 0 aliphatic heterocycles. The van der Waals surface area contributed by atoms with Gasteiger partial charge in [-0.1, -0.05) is 19.9 Å². The summed E-state index contributed by atoms with van der Waals surface area (Å²) >= 11 is 0. The van der Waals surface area contributed by atoms with Gasteiger partial charge in [-0.3, -0.25) is 4.99 Å². The van der Waals surface area contributed by atoms with Crippen LogP contribution in [0.5, 0.6) is 5.88 Å². The number of hydrogen-bond donors (Lipinski definition) is 2. The summed E-state index contributed by atoms with van der Waals surface area (Å²) < 4.78 is 11.1. The Morgan fingerprint density at radius 3 is 2.52 bits per heavy atom. The zero-order valence-corrected chi connectivity index (χ0v) is 18.4. The topological polar surface area (TPSA) is 67.8 Å². The number of aliphatic imine (C=N–C) groups is 1. The van der Waals surface area contributed by atoms with E-state index in [1.807, 2.05) is 32.2 Å². The standard InChI is InChI=1S/C18H32N4O2.HI/c1-14(2)13-23-10-6-9-20-18(19-5)22-12-16-7-8-17(21-11-16)24-15(3)4;/h7-8,11,14-15H,6,9-10,12-13H2,1-5H3,(H2,19,20,22);1H. The van der Waals surface area contributed by atoms with Crippen molar-refractivity contribution in [1.29, 1.82) is 0 Å². The van der Waals surface area contributed by atoms with E-state index in [0.29, 0.717) is 18.3 Å². The van der Waals surface area contributed by atoms with Crippen molar-refractivity contribution >= 4 is 29.9 Å². The summed E-state index contributed by atoms with van der Waals surface area (Å²) in [5, 5.41) is 6.55. The van der Waals surface area contributed by atoms with Gasteiger partial charge in [-0.25, -0.2) is 4.98 Å². The molecule has 25 heavy (non-hydrogen) atoms. The number of rotatable bonds is 10. The fourth-order valence-corrected chi connectivity index (χ4v) is 1.93. The summed E-state index contributed by atoms with van der Waals surface area (Å²) in [5.74, 6) is 2.01. The van der Waals surface area contributed by atoms with Crippen LogP contribution in [0.15, 0.2) is 23.3 Å². The summed E-state index contributed by atoms with van der Waals surface area (Å²) in [5.41, 5.74) is 1.08. The summed E-state index contributed by atoms with van der Waals surface area (Å²) in [6.07, 6.45) is 2.91. The minimum atomic E-state index is 0. The van der Waals surface area contributed by atoms with Gasteiger partial charge >= 0.3 is 0 Å². The lowest BCUT2D eigenvalue weighted by molar-refractivity contribution is 0.108. The number of nitrogens with one attached hydrogen (secondary N) is 2. The Bertz CT molecular complexity index is 478. The van der Waals surface area contributed by atoms with Gasteiger partial charge < -0.3 is 20.1 Å². The van der Waals surface area contributed by atoms with Gasteiger partial charge in [0.1, 0.15) is 0 Å². The van der Waals surface area contributed by atoms with Gasteiger partial charge in [0.2, 0.25) is 5.88 Å². The van der Waals surface area contributed by atoms with Crippen LogP contribution in [0.1, 0.15) is 39.7 Å². The van der Waals surface area contributed by atoms with Crippen molar-refractivity contribution in [2.24, 2.45) is 10.9 Å². The molecule has 7 heteroatoms. The largest absolute Gasteiger partial charge is 0.475 e. The van der Waals surface area contributed by atoms with Gasteiger partial charge in [-0.05, 0) is 31.7 Å². The first-order valence-corrected chi connectivity index (χ1v) is 8.65. The molecule has 0 spiro atoms. The molecule has 0 saturated carbocycles. The average Bonchev–Trinajstić information content (AvgIpc) is 2.54. The van der Waals surface area contributed by atoms with Crippen LogP contribution in [0.25, 0.3) is 0 Å². The van der Waals surface area contributed by atoms with Gasteiger partial charge in [-0.2, -0.15) is 0 Å². The van der Waals surface area contributed by atoms with E-state index in [1.54, 1.807) is 7.05 Å². The molecule has 0 fully saturated rings. The number of hydrogen-bond acceptors (Lipinski definition) is 4. The second kappa shape index (κ2) is 14.1. The van der Waals surface area contributed by atoms with E-state index < -0.39 is 0 Å². The molecule has 6 nitrogen and oxygen atoms in total. The van der Waals surface area contributed by atoms with Crippen LogP contribution in [-0.4, -0.2) is 43.9 Å². The fraction of sp³-hybridized carbons (Fsp3) is 0.667. The quantitative estimate of drug-likeness (QED) is 0.241. The number of aromatic nitrogens is 1. The van der Waals surface area contributed by atoms with Crippen molar-refractivity contribution in [3.8, 4) is 5.88 Å². The molecule has 1 aromatic heterocycles. The van der Waals surface area contributed by atoms with E-state index in [1.165, 1.54) is 0 Å². The molecule has 1 heterocycles. The molecule has 0 unspecified atom stereocenters. The maximum atomic E-state index is 5.56. The Kier molecular flexibility index (Phi) is 13.5. The number of pyridine rings is 1. The molecule has 0 atom stereocenters. The lowest BCUT2D eigenvalue weighted by atomic mass is 10.2. The molecule has 1 rings (SSSR count). The maximum Gasteiger partial charge on any atom is 0.213 e. The van der Waals surface area contributed by atoms with Crippen LogP contribution >= 0.6 is 24.0 Å². The van der Waals surface area contributed by atoms with Crippen LogP contribution in [-0.2, 0) is 11.3 Å². The monoisotopic (exact) mass is 464 g/mol. The molecule has 0 aliphatic carbocycles. The van der Waals surface area contributed by atoms with E-state index in [-0.39, 0.29) is 30.1 Å². The van der Waals surface area contributed by atoms with E-state index in [2.05, 4.69) is 34.5 Å². The molecule has 1 aromatic rings. The average molecular weight is 464 g/mol. The second-order valence-electron chi connectivity index (χ2n) is 6.35. The predicted octanol–water partition coefficient (Wildman–Crippen LogP) is 3.21. The minimum Gasteiger partial charge on any atom is -0.475 e. The predicted molar refractivity (Wildman–Crippen MR) is 114 cm³/mol. The zero-order chi connectivity index (χ0) is 17.8. The SMILES string of the molecule is CN=C(NCCCOCC(C)C)NCc1ccc(OC(C)C)nc1.I. The third-order valence-corrected chi connectivity index (χ3v) is 3.05. The highest BCUT2D eigenvalue weighted by atomic mass is 127. The molecule has 144 valence electrons.